The number of carbonyl (C=O) groups excluding carboxylic acids is 2. The lowest BCUT2D eigenvalue weighted by atomic mass is 10.00. The second-order valence-electron chi connectivity index (χ2n) is 8.62. The fourth-order valence-corrected chi connectivity index (χ4v) is 4.41. The standard InChI is InChI=1S/C26H26ClF2N5O5/c1-3-22(36)34(8-9-35)26(37)19-10-14(6-7-30-19)39-21-11-15-18(12-20(21)38-2)31-13-32-25(15)33-17-5-4-16(28)23(27)24(17)29/h3-5,11-14,19,30,35H,1,6-10H2,2H3,(H,31,32,33). The predicted octanol–water partition coefficient (Wildman–Crippen LogP) is 3.35. The molecule has 2 heterocycles. The topological polar surface area (TPSA) is 126 Å². The zero-order valence-electron chi connectivity index (χ0n) is 20.9. The number of ether oxygens (including phenoxy) is 2. The van der Waals surface area contributed by atoms with Gasteiger partial charge in [-0.15, -0.1) is 0 Å². The molecule has 2 aromatic carbocycles. The number of amides is 2. The van der Waals surface area contributed by atoms with Crippen molar-refractivity contribution < 1.29 is 33.0 Å². The lowest BCUT2D eigenvalue weighted by molar-refractivity contribution is -0.145. The van der Waals surface area contributed by atoms with E-state index >= 15 is 0 Å². The molecule has 206 valence electrons. The number of halogens is 3. The molecule has 3 N–H and O–H groups in total. The number of methoxy groups -OCH3 is 1. The van der Waals surface area contributed by atoms with E-state index in [1.54, 1.807) is 12.1 Å². The largest absolute Gasteiger partial charge is 0.493 e. The third-order valence-corrected chi connectivity index (χ3v) is 6.53. The second kappa shape index (κ2) is 12.3. The summed E-state index contributed by atoms with van der Waals surface area (Å²) in [6.45, 7) is 3.32. The number of hydrogen-bond donors (Lipinski definition) is 3. The smallest absolute Gasteiger partial charge is 0.252 e. The summed E-state index contributed by atoms with van der Waals surface area (Å²) in [6, 6.07) is 4.76. The highest BCUT2D eigenvalue weighted by molar-refractivity contribution is 6.31. The van der Waals surface area contributed by atoms with Gasteiger partial charge in [0, 0.05) is 17.9 Å². The summed E-state index contributed by atoms with van der Waals surface area (Å²) in [4.78, 5) is 34.5. The Labute approximate surface area is 227 Å². The van der Waals surface area contributed by atoms with E-state index in [1.807, 2.05) is 0 Å². The number of fused-ring (bicyclic) bond motifs is 1. The first kappa shape index (κ1) is 28.1. The van der Waals surface area contributed by atoms with Gasteiger partial charge >= 0.3 is 0 Å². The molecule has 3 aromatic rings. The number of hydrogen-bond acceptors (Lipinski definition) is 9. The van der Waals surface area contributed by atoms with Gasteiger partial charge in [0.1, 0.15) is 29.1 Å². The van der Waals surface area contributed by atoms with E-state index in [-0.39, 0.29) is 31.1 Å². The van der Waals surface area contributed by atoms with Gasteiger partial charge in [-0.05, 0) is 37.2 Å². The molecular formula is C26H26ClF2N5O5. The Hall–Kier alpha value is -3.87. The molecule has 0 spiro atoms. The molecule has 1 fully saturated rings. The van der Waals surface area contributed by atoms with Gasteiger partial charge in [-0.2, -0.15) is 0 Å². The van der Waals surface area contributed by atoms with E-state index in [0.717, 1.165) is 17.0 Å². The second-order valence-corrected chi connectivity index (χ2v) is 9.00. The highest BCUT2D eigenvalue weighted by Gasteiger charge is 2.33. The number of rotatable bonds is 9. The maximum Gasteiger partial charge on any atom is 0.252 e. The van der Waals surface area contributed by atoms with Gasteiger partial charge in [0.25, 0.3) is 5.91 Å². The molecule has 2 atom stereocenters. The van der Waals surface area contributed by atoms with Crippen molar-refractivity contribution in [2.45, 2.75) is 25.0 Å². The van der Waals surface area contributed by atoms with Crippen molar-refractivity contribution in [2.24, 2.45) is 0 Å². The first-order chi connectivity index (χ1) is 18.8. The molecule has 0 bridgehead atoms. The van der Waals surface area contributed by atoms with Crippen molar-refractivity contribution in [3.8, 4) is 11.5 Å². The van der Waals surface area contributed by atoms with Gasteiger partial charge in [-0.25, -0.2) is 18.7 Å². The van der Waals surface area contributed by atoms with Gasteiger partial charge in [0.05, 0.1) is 37.5 Å². The summed E-state index contributed by atoms with van der Waals surface area (Å²) in [6.07, 6.45) is 2.65. The summed E-state index contributed by atoms with van der Waals surface area (Å²) in [5.41, 5.74) is 0.382. The van der Waals surface area contributed by atoms with Gasteiger partial charge in [-0.1, -0.05) is 18.2 Å². The number of carbonyl (C=O) groups is 2. The molecule has 1 aliphatic heterocycles. The number of nitrogens with zero attached hydrogens (tertiary/aromatic N) is 3. The summed E-state index contributed by atoms with van der Waals surface area (Å²) >= 11 is 5.71. The normalized spacial score (nSPS) is 16.9. The minimum absolute atomic E-state index is 0.0825. The van der Waals surface area contributed by atoms with Gasteiger partial charge in [-0.3, -0.25) is 14.5 Å². The van der Waals surface area contributed by atoms with Crippen molar-refractivity contribution in [2.75, 3.05) is 32.1 Å². The summed E-state index contributed by atoms with van der Waals surface area (Å²) in [5, 5.41) is 15.0. The van der Waals surface area contributed by atoms with Crippen LogP contribution in [-0.4, -0.2) is 70.7 Å². The molecule has 10 nitrogen and oxygen atoms in total. The third kappa shape index (κ3) is 6.08. The molecule has 2 amide bonds. The number of aromatic nitrogens is 2. The number of aliphatic hydroxyl groups excluding tert-OH is 1. The average molecular weight is 562 g/mol. The van der Waals surface area contributed by atoms with E-state index in [1.165, 1.54) is 19.5 Å². The van der Waals surface area contributed by atoms with Crippen molar-refractivity contribution in [1.82, 2.24) is 20.2 Å². The number of aliphatic hydroxyl groups is 1. The Bertz CT molecular complexity index is 1410. The Morgan fingerprint density at radius 3 is 2.82 bits per heavy atom. The van der Waals surface area contributed by atoms with Crippen LogP contribution in [0, 0.1) is 11.6 Å². The number of benzene rings is 2. The first-order valence-corrected chi connectivity index (χ1v) is 12.4. The molecule has 0 aliphatic carbocycles. The van der Waals surface area contributed by atoms with Crippen LogP contribution in [0.1, 0.15) is 12.8 Å². The van der Waals surface area contributed by atoms with E-state index in [9.17, 15) is 23.5 Å². The van der Waals surface area contributed by atoms with Crippen LogP contribution in [0.2, 0.25) is 5.02 Å². The molecule has 39 heavy (non-hydrogen) atoms. The van der Waals surface area contributed by atoms with Crippen molar-refractivity contribution in [3.63, 3.8) is 0 Å². The van der Waals surface area contributed by atoms with E-state index < -0.39 is 40.6 Å². The monoisotopic (exact) mass is 561 g/mol. The first-order valence-electron chi connectivity index (χ1n) is 12.0. The number of nitrogens with one attached hydrogen (secondary N) is 2. The van der Waals surface area contributed by atoms with Crippen LogP contribution in [0.25, 0.3) is 10.9 Å². The van der Waals surface area contributed by atoms with Gasteiger partial charge in [0.15, 0.2) is 17.3 Å². The van der Waals surface area contributed by atoms with Crippen LogP contribution in [0.3, 0.4) is 0 Å². The van der Waals surface area contributed by atoms with Gasteiger partial charge in [0.2, 0.25) is 5.91 Å². The molecule has 0 radical (unpaired) electrons. The maximum absolute atomic E-state index is 14.5. The highest BCUT2D eigenvalue weighted by atomic mass is 35.5. The Kier molecular flexibility index (Phi) is 8.90. The van der Waals surface area contributed by atoms with E-state index in [2.05, 4.69) is 27.2 Å². The van der Waals surface area contributed by atoms with Crippen LogP contribution in [0.15, 0.2) is 43.2 Å². The van der Waals surface area contributed by atoms with Crippen LogP contribution < -0.4 is 20.1 Å². The molecule has 4 rings (SSSR count). The van der Waals surface area contributed by atoms with E-state index in [4.69, 9.17) is 21.1 Å². The molecule has 1 saturated heterocycles. The van der Waals surface area contributed by atoms with Crippen LogP contribution in [-0.2, 0) is 9.59 Å². The Balaban J connectivity index is 1.60. The quantitative estimate of drug-likeness (QED) is 0.266. The zero-order chi connectivity index (χ0) is 28.1. The lowest BCUT2D eigenvalue weighted by Gasteiger charge is -2.32. The SMILES string of the molecule is C=CC(=O)N(CCO)C(=O)C1CC(Oc2cc3c(Nc4ccc(F)c(Cl)c4F)ncnc3cc2OC)CCN1. The molecule has 2 unspecified atom stereocenters. The molecular weight excluding hydrogens is 536 g/mol. The number of imide groups is 1. The Morgan fingerprint density at radius 1 is 1.31 bits per heavy atom. The summed E-state index contributed by atoms with van der Waals surface area (Å²) in [5.74, 6) is -2.04. The Morgan fingerprint density at radius 2 is 2.10 bits per heavy atom. The molecule has 13 heteroatoms. The van der Waals surface area contributed by atoms with Crippen molar-refractivity contribution >= 4 is 45.8 Å². The van der Waals surface area contributed by atoms with Crippen molar-refractivity contribution in [3.05, 3.63) is 59.9 Å². The number of piperidine rings is 1. The minimum atomic E-state index is -0.969. The third-order valence-electron chi connectivity index (χ3n) is 6.19. The maximum atomic E-state index is 14.5. The average Bonchev–Trinajstić information content (AvgIpc) is 2.95. The molecule has 1 aliphatic rings. The summed E-state index contributed by atoms with van der Waals surface area (Å²) < 4.78 is 39.9. The molecule has 1 aromatic heterocycles. The fourth-order valence-electron chi connectivity index (χ4n) is 4.25. The highest BCUT2D eigenvalue weighted by Crippen LogP contribution is 2.37. The van der Waals surface area contributed by atoms with Crippen LogP contribution >= 0.6 is 11.6 Å². The van der Waals surface area contributed by atoms with Crippen molar-refractivity contribution in [1.29, 1.82) is 0 Å². The molecule has 0 saturated carbocycles. The van der Waals surface area contributed by atoms with E-state index in [0.29, 0.717) is 35.4 Å². The lowest BCUT2D eigenvalue weighted by Crippen LogP contribution is -2.54. The summed E-state index contributed by atoms with van der Waals surface area (Å²) in [7, 11) is 1.46. The number of anilines is 2. The minimum Gasteiger partial charge on any atom is -0.493 e. The fraction of sp³-hybridized carbons (Fsp3) is 0.308. The van der Waals surface area contributed by atoms with Gasteiger partial charge < -0.3 is 25.2 Å². The van der Waals surface area contributed by atoms with Crippen LogP contribution in [0.5, 0.6) is 11.5 Å². The predicted molar refractivity (Wildman–Crippen MR) is 140 cm³/mol. The zero-order valence-corrected chi connectivity index (χ0v) is 21.7. The van der Waals surface area contributed by atoms with Crippen LogP contribution in [0.4, 0.5) is 20.3 Å².